The Labute approximate surface area is 139 Å². The van der Waals surface area contributed by atoms with Crippen molar-refractivity contribution in [3.63, 3.8) is 0 Å². The Bertz CT molecular complexity index is 766. The van der Waals surface area contributed by atoms with E-state index in [0.29, 0.717) is 4.90 Å². The lowest BCUT2D eigenvalue weighted by molar-refractivity contribution is -0.129. The number of nitrogens with one attached hydrogen (secondary N) is 1. The van der Waals surface area contributed by atoms with Crippen LogP contribution >= 0.6 is 10.6 Å². The molecule has 4 rings (SSSR count). The first-order valence-corrected chi connectivity index (χ1v) is 9.08. The zero-order valence-corrected chi connectivity index (χ0v) is 13.5. The Balaban J connectivity index is 1.84. The smallest absolute Gasteiger partial charge is 0.354 e. The fourth-order valence-corrected chi connectivity index (χ4v) is 5.32. The van der Waals surface area contributed by atoms with E-state index in [1.54, 1.807) is 11.5 Å². The first kappa shape index (κ1) is 15.2. The largest absolute Gasteiger partial charge is 0.367 e. The van der Waals surface area contributed by atoms with Gasteiger partial charge in [-0.2, -0.15) is 0 Å². The molecule has 1 aromatic rings. The molecule has 0 saturated carbocycles. The molecule has 3 aliphatic rings. The van der Waals surface area contributed by atoms with Crippen molar-refractivity contribution in [1.29, 1.82) is 0 Å². The second-order valence-corrected chi connectivity index (χ2v) is 7.66. The third-order valence-corrected chi connectivity index (χ3v) is 6.33. The number of fused-ring (bicyclic) bond motifs is 2. The van der Waals surface area contributed by atoms with Gasteiger partial charge in [-0.15, -0.1) is 0 Å². The summed E-state index contributed by atoms with van der Waals surface area (Å²) in [6.07, 6.45) is 2.05. The summed E-state index contributed by atoms with van der Waals surface area (Å²) in [5.41, 5.74) is 1.54. The van der Waals surface area contributed by atoms with Gasteiger partial charge in [-0.05, 0) is 18.2 Å². The molecule has 24 heavy (non-hydrogen) atoms. The Morgan fingerprint density at radius 2 is 1.75 bits per heavy atom. The molecule has 3 heterocycles. The lowest BCUT2D eigenvalue weighted by Gasteiger charge is -2.34. The Kier molecular flexibility index (Phi) is 3.58. The van der Waals surface area contributed by atoms with Gasteiger partial charge < -0.3 is 18.6 Å². The molecule has 0 amide bonds. The molecule has 0 aliphatic carbocycles. The predicted molar refractivity (Wildman–Crippen MR) is 86.0 cm³/mol. The van der Waals surface area contributed by atoms with E-state index in [2.05, 4.69) is 10.2 Å². The molecule has 1 fully saturated rings. The van der Waals surface area contributed by atoms with Crippen LogP contribution in [0.3, 0.4) is 0 Å². The standard InChI is InChI=1S/C16H15FN2O4S/c17-11-1-2-12-13(19-7-5-18-6-8-19)10-24(14(12)9-11)22-15(20)3-4-16(21)23-24/h1-4,9-10,18H,5-8H2. The summed E-state index contributed by atoms with van der Waals surface area (Å²) in [5.74, 6) is -1.83. The van der Waals surface area contributed by atoms with Crippen LogP contribution in [0.1, 0.15) is 5.56 Å². The van der Waals surface area contributed by atoms with Crippen molar-refractivity contribution in [1.82, 2.24) is 10.2 Å². The highest BCUT2D eigenvalue weighted by Crippen LogP contribution is 2.67. The monoisotopic (exact) mass is 350 g/mol. The van der Waals surface area contributed by atoms with Gasteiger partial charge in [-0.1, -0.05) is 10.6 Å². The van der Waals surface area contributed by atoms with Crippen molar-refractivity contribution in [2.45, 2.75) is 4.90 Å². The highest BCUT2D eigenvalue weighted by atomic mass is 32.3. The van der Waals surface area contributed by atoms with Crippen LogP contribution in [0, 0.1) is 5.82 Å². The van der Waals surface area contributed by atoms with Gasteiger partial charge in [0, 0.05) is 43.9 Å². The van der Waals surface area contributed by atoms with Crippen molar-refractivity contribution >= 4 is 28.2 Å². The number of benzene rings is 1. The van der Waals surface area contributed by atoms with Gasteiger partial charge in [0.05, 0.1) is 16.0 Å². The quantitative estimate of drug-likeness (QED) is 0.831. The van der Waals surface area contributed by atoms with Crippen LogP contribution in [0.4, 0.5) is 4.39 Å². The number of piperazine rings is 1. The van der Waals surface area contributed by atoms with Crippen LogP contribution in [0.5, 0.6) is 0 Å². The predicted octanol–water partition coefficient (Wildman–Crippen LogP) is 1.69. The van der Waals surface area contributed by atoms with Gasteiger partial charge in [-0.25, -0.2) is 14.0 Å². The van der Waals surface area contributed by atoms with Gasteiger partial charge in [0.1, 0.15) is 5.82 Å². The van der Waals surface area contributed by atoms with Gasteiger partial charge >= 0.3 is 11.9 Å². The molecule has 0 atom stereocenters. The molecule has 0 unspecified atom stereocenters. The second-order valence-electron chi connectivity index (χ2n) is 5.56. The van der Waals surface area contributed by atoms with Gasteiger partial charge in [0.15, 0.2) is 0 Å². The average Bonchev–Trinajstić information content (AvgIpc) is 2.78. The van der Waals surface area contributed by atoms with Crippen molar-refractivity contribution in [3.05, 3.63) is 47.1 Å². The van der Waals surface area contributed by atoms with Gasteiger partial charge in [0.25, 0.3) is 0 Å². The van der Waals surface area contributed by atoms with Crippen LogP contribution < -0.4 is 5.32 Å². The minimum Gasteiger partial charge on any atom is -0.367 e. The second kappa shape index (κ2) is 5.64. The number of hydrogen-bond donors (Lipinski definition) is 1. The van der Waals surface area contributed by atoms with E-state index in [9.17, 15) is 14.0 Å². The van der Waals surface area contributed by atoms with E-state index < -0.39 is 28.3 Å². The zero-order chi connectivity index (χ0) is 16.7. The Morgan fingerprint density at radius 3 is 2.42 bits per heavy atom. The number of carbonyl (C=O) groups is 2. The van der Waals surface area contributed by atoms with Crippen LogP contribution in [-0.4, -0.2) is 43.0 Å². The fourth-order valence-electron chi connectivity index (χ4n) is 2.96. The van der Waals surface area contributed by atoms with Crippen LogP contribution in [0.15, 0.2) is 40.7 Å². The van der Waals surface area contributed by atoms with Crippen LogP contribution in [-0.2, 0) is 18.0 Å². The minimum atomic E-state index is -2.80. The highest BCUT2D eigenvalue weighted by molar-refractivity contribution is 8.29. The summed E-state index contributed by atoms with van der Waals surface area (Å²) < 4.78 is 24.8. The highest BCUT2D eigenvalue weighted by Gasteiger charge is 2.40. The topological polar surface area (TPSA) is 67.9 Å². The number of rotatable bonds is 1. The summed E-state index contributed by atoms with van der Waals surface area (Å²) in [5, 5.41) is 4.94. The molecular formula is C16H15FN2O4S. The molecular weight excluding hydrogens is 335 g/mol. The number of nitrogens with zero attached hydrogens (tertiary/aromatic N) is 1. The average molecular weight is 350 g/mol. The van der Waals surface area contributed by atoms with Crippen molar-refractivity contribution < 1.29 is 22.3 Å². The first-order chi connectivity index (χ1) is 11.6. The fraction of sp³-hybridized carbons (Fsp3) is 0.250. The van der Waals surface area contributed by atoms with E-state index in [0.717, 1.165) is 49.6 Å². The summed E-state index contributed by atoms with van der Waals surface area (Å²) in [6, 6.07) is 4.27. The number of halogens is 1. The van der Waals surface area contributed by atoms with E-state index in [1.165, 1.54) is 12.1 Å². The summed E-state index contributed by atoms with van der Waals surface area (Å²) in [7, 11) is -2.80. The molecule has 0 bridgehead atoms. The van der Waals surface area contributed by atoms with Crippen LogP contribution in [0.2, 0.25) is 0 Å². The van der Waals surface area contributed by atoms with E-state index in [1.807, 2.05) is 0 Å². The molecule has 6 nitrogen and oxygen atoms in total. The van der Waals surface area contributed by atoms with Gasteiger partial charge in [-0.3, -0.25) is 0 Å². The molecule has 1 aromatic carbocycles. The maximum absolute atomic E-state index is 13.8. The molecule has 126 valence electrons. The molecule has 1 saturated heterocycles. The molecule has 1 N–H and O–H groups in total. The van der Waals surface area contributed by atoms with E-state index >= 15 is 0 Å². The molecule has 1 spiro atoms. The third kappa shape index (κ3) is 2.47. The lowest BCUT2D eigenvalue weighted by Crippen LogP contribution is -2.42. The molecule has 8 heteroatoms. The summed E-state index contributed by atoms with van der Waals surface area (Å²) >= 11 is 0. The maximum Gasteiger partial charge on any atom is 0.354 e. The summed E-state index contributed by atoms with van der Waals surface area (Å²) in [4.78, 5) is 26.3. The van der Waals surface area contributed by atoms with E-state index in [-0.39, 0.29) is 0 Å². The maximum atomic E-state index is 13.8. The van der Waals surface area contributed by atoms with Crippen molar-refractivity contribution in [2.75, 3.05) is 26.2 Å². The van der Waals surface area contributed by atoms with Crippen LogP contribution in [0.25, 0.3) is 5.70 Å². The van der Waals surface area contributed by atoms with E-state index in [4.69, 9.17) is 8.37 Å². The normalized spacial score (nSPS) is 23.2. The molecule has 3 aliphatic heterocycles. The molecule has 0 aromatic heterocycles. The Morgan fingerprint density at radius 1 is 1.08 bits per heavy atom. The minimum absolute atomic E-state index is 0.404. The number of carbonyl (C=O) groups excluding carboxylic acids is 2. The Hall–Kier alpha value is -2.32. The van der Waals surface area contributed by atoms with Gasteiger partial charge in [0.2, 0.25) is 0 Å². The zero-order valence-electron chi connectivity index (χ0n) is 12.7. The molecule has 0 radical (unpaired) electrons. The lowest BCUT2D eigenvalue weighted by atomic mass is 10.1. The first-order valence-electron chi connectivity index (χ1n) is 7.53. The van der Waals surface area contributed by atoms with Crippen molar-refractivity contribution in [3.8, 4) is 0 Å². The van der Waals surface area contributed by atoms with Crippen molar-refractivity contribution in [2.24, 2.45) is 0 Å². The summed E-state index contributed by atoms with van der Waals surface area (Å²) in [6.45, 7) is 3.16. The number of hydrogen-bond acceptors (Lipinski definition) is 6. The third-order valence-electron chi connectivity index (χ3n) is 4.02. The SMILES string of the molecule is O=C1C=CC(=O)OS2(C=C(N3CCNCC3)c3ccc(F)cc32)O1.